The van der Waals surface area contributed by atoms with E-state index in [0.717, 1.165) is 12.4 Å². The van der Waals surface area contributed by atoms with Crippen molar-refractivity contribution >= 4 is 17.7 Å². The number of anilines is 2. The van der Waals surface area contributed by atoms with Gasteiger partial charge in [0.2, 0.25) is 11.9 Å². The van der Waals surface area contributed by atoms with Crippen molar-refractivity contribution in [1.82, 2.24) is 19.9 Å². The molecule has 1 aromatic heterocycles. The average molecular weight is 231 g/mol. The van der Waals surface area contributed by atoms with Crippen molar-refractivity contribution in [2.75, 3.05) is 24.6 Å². The van der Waals surface area contributed by atoms with Crippen LogP contribution in [0.2, 0.25) is 0 Å². The van der Waals surface area contributed by atoms with Gasteiger partial charge in [-0.2, -0.15) is 19.9 Å². The SMILES string of the molecule is CC1=NC#CCN1CCc1nc(N)nc(N)n1. The highest BCUT2D eigenvalue weighted by Gasteiger charge is 2.09. The van der Waals surface area contributed by atoms with E-state index in [0.29, 0.717) is 18.8 Å². The highest BCUT2D eigenvalue weighted by atomic mass is 15.2. The van der Waals surface area contributed by atoms with Crippen LogP contribution in [-0.4, -0.2) is 38.8 Å². The molecule has 0 aromatic carbocycles. The second kappa shape index (κ2) is 4.65. The first-order valence-corrected chi connectivity index (χ1v) is 5.18. The van der Waals surface area contributed by atoms with E-state index in [1.165, 1.54) is 0 Å². The second-order valence-corrected chi connectivity index (χ2v) is 3.59. The minimum atomic E-state index is 0.149. The fourth-order valence-corrected chi connectivity index (χ4v) is 1.48. The number of amidine groups is 1. The third-order valence-electron chi connectivity index (χ3n) is 2.35. The number of nitrogen functional groups attached to an aromatic ring is 2. The van der Waals surface area contributed by atoms with Crippen molar-refractivity contribution in [2.24, 2.45) is 4.99 Å². The molecule has 2 rings (SSSR count). The maximum Gasteiger partial charge on any atom is 0.225 e. The third-order valence-corrected chi connectivity index (χ3v) is 2.35. The summed E-state index contributed by atoms with van der Waals surface area (Å²) < 4.78 is 0. The molecule has 7 nitrogen and oxygen atoms in total. The molecule has 0 saturated heterocycles. The van der Waals surface area contributed by atoms with Crippen LogP contribution in [0.15, 0.2) is 4.99 Å². The first kappa shape index (κ1) is 11.1. The van der Waals surface area contributed by atoms with Crippen molar-refractivity contribution in [1.29, 1.82) is 0 Å². The zero-order chi connectivity index (χ0) is 12.3. The van der Waals surface area contributed by atoms with Crippen LogP contribution in [0.1, 0.15) is 12.7 Å². The number of nitrogens with zero attached hydrogens (tertiary/aromatic N) is 5. The lowest BCUT2D eigenvalue weighted by Crippen LogP contribution is -2.33. The lowest BCUT2D eigenvalue weighted by atomic mass is 10.3. The highest BCUT2D eigenvalue weighted by Crippen LogP contribution is 2.02. The summed E-state index contributed by atoms with van der Waals surface area (Å²) in [5.41, 5.74) is 11.0. The standard InChI is InChI=1S/C10H13N7/c1-7-13-4-2-5-17(7)6-3-8-14-9(11)16-10(12)15-8/h3,5-6H2,1H3,(H4,11,12,14,15,16). The Bertz CT molecular complexity index is 491. The lowest BCUT2D eigenvalue weighted by Gasteiger charge is -2.22. The zero-order valence-corrected chi connectivity index (χ0v) is 9.51. The van der Waals surface area contributed by atoms with Crippen LogP contribution in [0.3, 0.4) is 0 Å². The average Bonchev–Trinajstić information content (AvgIpc) is 2.27. The number of hydrogen-bond donors (Lipinski definition) is 2. The quantitative estimate of drug-likeness (QED) is 0.664. The van der Waals surface area contributed by atoms with Gasteiger partial charge >= 0.3 is 0 Å². The van der Waals surface area contributed by atoms with Gasteiger partial charge in [0.15, 0.2) is 0 Å². The van der Waals surface area contributed by atoms with Crippen LogP contribution < -0.4 is 11.5 Å². The van der Waals surface area contributed by atoms with Crippen LogP contribution >= 0.6 is 0 Å². The normalized spacial score (nSPS) is 13.9. The maximum atomic E-state index is 5.49. The minimum absolute atomic E-state index is 0.149. The van der Waals surface area contributed by atoms with Crippen LogP contribution in [0.25, 0.3) is 0 Å². The number of rotatable bonds is 3. The Balaban J connectivity index is 1.99. The van der Waals surface area contributed by atoms with Crippen LogP contribution in [0.4, 0.5) is 11.9 Å². The van der Waals surface area contributed by atoms with E-state index in [-0.39, 0.29) is 11.9 Å². The number of aromatic nitrogens is 3. The monoisotopic (exact) mass is 231 g/mol. The topological polar surface area (TPSA) is 106 Å². The Hall–Kier alpha value is -2.36. The molecular formula is C10H13N7. The third kappa shape index (κ3) is 2.81. The first-order chi connectivity index (χ1) is 8.15. The van der Waals surface area contributed by atoms with Gasteiger partial charge in [0.1, 0.15) is 11.7 Å². The van der Waals surface area contributed by atoms with Gasteiger partial charge in [0.25, 0.3) is 0 Å². The Kier molecular flexibility index (Phi) is 3.05. The predicted octanol–water partition coefficient (Wildman–Crippen LogP) is -0.727. The van der Waals surface area contributed by atoms with Gasteiger partial charge in [-0.05, 0) is 6.92 Å². The molecule has 0 unspecified atom stereocenters. The smallest absolute Gasteiger partial charge is 0.225 e. The van der Waals surface area contributed by atoms with Crippen molar-refractivity contribution in [3.05, 3.63) is 5.82 Å². The van der Waals surface area contributed by atoms with Crippen LogP contribution in [0.5, 0.6) is 0 Å². The lowest BCUT2D eigenvalue weighted by molar-refractivity contribution is 0.461. The van der Waals surface area contributed by atoms with E-state index < -0.39 is 0 Å². The van der Waals surface area contributed by atoms with Crippen molar-refractivity contribution in [3.8, 4) is 12.0 Å². The molecule has 2 heterocycles. The molecule has 0 spiro atoms. The molecule has 1 aromatic rings. The summed E-state index contributed by atoms with van der Waals surface area (Å²) in [6.45, 7) is 3.32. The summed E-state index contributed by atoms with van der Waals surface area (Å²) in [5, 5.41) is 0. The second-order valence-electron chi connectivity index (χ2n) is 3.59. The molecule has 17 heavy (non-hydrogen) atoms. The number of aliphatic imine (C=N–C) groups is 1. The molecule has 1 aliphatic rings. The van der Waals surface area contributed by atoms with E-state index in [1.807, 2.05) is 11.8 Å². The summed E-state index contributed by atoms with van der Waals surface area (Å²) in [6, 6.07) is 2.70. The Morgan fingerprint density at radius 2 is 1.94 bits per heavy atom. The van der Waals surface area contributed by atoms with Gasteiger partial charge in [-0.3, -0.25) is 0 Å². The molecule has 7 heteroatoms. The summed E-state index contributed by atoms with van der Waals surface area (Å²) in [5.74, 6) is 4.70. The van der Waals surface area contributed by atoms with E-state index in [9.17, 15) is 0 Å². The summed E-state index contributed by atoms with van der Waals surface area (Å²) >= 11 is 0. The largest absolute Gasteiger partial charge is 0.368 e. The molecule has 0 saturated carbocycles. The maximum absolute atomic E-state index is 5.49. The van der Waals surface area contributed by atoms with E-state index in [4.69, 9.17) is 11.5 Å². The van der Waals surface area contributed by atoms with Crippen molar-refractivity contribution in [3.63, 3.8) is 0 Å². The molecule has 1 aliphatic heterocycles. The van der Waals surface area contributed by atoms with Crippen LogP contribution in [0, 0.1) is 12.0 Å². The summed E-state index contributed by atoms with van der Waals surface area (Å²) in [7, 11) is 0. The molecule has 88 valence electrons. The molecule has 0 aliphatic carbocycles. The van der Waals surface area contributed by atoms with Crippen LogP contribution in [-0.2, 0) is 6.42 Å². The van der Waals surface area contributed by atoms with Gasteiger partial charge in [-0.15, -0.1) is 0 Å². The fraction of sp³-hybridized carbons (Fsp3) is 0.400. The number of nitrogens with two attached hydrogens (primary N) is 2. The molecule has 0 amide bonds. The molecular weight excluding hydrogens is 218 g/mol. The van der Waals surface area contributed by atoms with Gasteiger partial charge in [-0.25, -0.2) is 0 Å². The van der Waals surface area contributed by atoms with Gasteiger partial charge < -0.3 is 16.4 Å². The van der Waals surface area contributed by atoms with E-state index in [1.54, 1.807) is 0 Å². The zero-order valence-electron chi connectivity index (χ0n) is 9.51. The van der Waals surface area contributed by atoms with E-state index in [2.05, 4.69) is 31.9 Å². The highest BCUT2D eigenvalue weighted by molar-refractivity contribution is 5.81. The predicted molar refractivity (Wildman–Crippen MR) is 64.8 cm³/mol. The Labute approximate surface area is 99.0 Å². The van der Waals surface area contributed by atoms with Gasteiger partial charge in [0, 0.05) is 19.0 Å². The molecule has 0 fully saturated rings. The summed E-state index contributed by atoms with van der Waals surface area (Å²) in [4.78, 5) is 17.8. The minimum Gasteiger partial charge on any atom is -0.368 e. The van der Waals surface area contributed by atoms with Crippen molar-refractivity contribution < 1.29 is 0 Å². The van der Waals surface area contributed by atoms with Gasteiger partial charge in [-0.1, -0.05) is 5.92 Å². The molecule has 4 N–H and O–H groups in total. The van der Waals surface area contributed by atoms with Gasteiger partial charge in [0.05, 0.1) is 6.54 Å². The fourth-order valence-electron chi connectivity index (χ4n) is 1.48. The number of hydrogen-bond acceptors (Lipinski definition) is 7. The summed E-state index contributed by atoms with van der Waals surface area (Å²) in [6.07, 6.45) is 0.630. The first-order valence-electron chi connectivity index (χ1n) is 5.18. The molecule has 0 bridgehead atoms. The Morgan fingerprint density at radius 1 is 1.24 bits per heavy atom. The molecule has 0 atom stereocenters. The van der Waals surface area contributed by atoms with E-state index >= 15 is 0 Å². The van der Waals surface area contributed by atoms with Crippen molar-refractivity contribution in [2.45, 2.75) is 13.3 Å². The molecule has 0 radical (unpaired) electrons. The Morgan fingerprint density at radius 3 is 2.59 bits per heavy atom.